The lowest BCUT2D eigenvalue weighted by atomic mass is 10.0. The van der Waals surface area contributed by atoms with E-state index in [1.807, 2.05) is 0 Å². The molecule has 1 fully saturated rings. The van der Waals surface area contributed by atoms with Crippen LogP contribution in [0, 0.1) is 0 Å². The summed E-state index contributed by atoms with van der Waals surface area (Å²) < 4.78 is 18.8. The van der Waals surface area contributed by atoms with Gasteiger partial charge < -0.3 is 14.4 Å². The van der Waals surface area contributed by atoms with Gasteiger partial charge in [-0.2, -0.15) is 4.37 Å². The van der Waals surface area contributed by atoms with Gasteiger partial charge in [0.2, 0.25) is 5.82 Å². The van der Waals surface area contributed by atoms with E-state index in [4.69, 9.17) is 4.74 Å². The number of hydrogen-bond acceptors (Lipinski definition) is 7. The summed E-state index contributed by atoms with van der Waals surface area (Å²) in [4.78, 5) is 13.7. The first-order valence-corrected chi connectivity index (χ1v) is 7.74. The molecule has 20 heavy (non-hydrogen) atoms. The predicted molar refractivity (Wildman–Crippen MR) is 77.3 cm³/mol. The van der Waals surface area contributed by atoms with E-state index in [2.05, 4.69) is 25.3 Å². The fraction of sp³-hybridized carbons (Fsp3) is 0.769. The van der Waals surface area contributed by atoms with Gasteiger partial charge in [-0.3, -0.25) is 0 Å². The Balaban J connectivity index is 2.13. The van der Waals surface area contributed by atoms with E-state index >= 15 is 0 Å². The van der Waals surface area contributed by atoms with Crippen LogP contribution in [0.25, 0.3) is 0 Å². The van der Waals surface area contributed by atoms with Gasteiger partial charge in [-0.25, -0.2) is 4.79 Å². The number of anilines is 1. The Morgan fingerprint density at radius 3 is 3.00 bits per heavy atom. The Kier molecular flexibility index (Phi) is 5.17. The number of aromatic nitrogens is 2. The van der Waals surface area contributed by atoms with Crippen LogP contribution < -0.4 is 9.64 Å². The van der Waals surface area contributed by atoms with E-state index in [0.717, 1.165) is 36.9 Å². The molecule has 1 aliphatic heterocycles. The van der Waals surface area contributed by atoms with Crippen LogP contribution in [0.1, 0.15) is 39.5 Å². The van der Waals surface area contributed by atoms with Crippen molar-refractivity contribution in [2.45, 2.75) is 51.7 Å². The van der Waals surface area contributed by atoms with Crippen molar-refractivity contribution in [2.75, 3.05) is 18.6 Å². The topological polar surface area (TPSA) is 64.5 Å². The third-order valence-electron chi connectivity index (χ3n) is 3.63. The van der Waals surface area contributed by atoms with Crippen molar-refractivity contribution < 1.29 is 14.3 Å². The van der Waals surface area contributed by atoms with Crippen LogP contribution in [0.15, 0.2) is 0 Å². The highest BCUT2D eigenvalue weighted by atomic mass is 32.1. The molecule has 6 nitrogen and oxygen atoms in total. The number of ether oxygens (including phenoxy) is 2. The highest BCUT2D eigenvalue weighted by molar-refractivity contribution is 6.99. The molecule has 1 aromatic rings. The summed E-state index contributed by atoms with van der Waals surface area (Å²) in [6.45, 7) is 4.80. The minimum absolute atomic E-state index is 0.408. The minimum atomic E-state index is -0.674. The quantitative estimate of drug-likeness (QED) is 0.777. The van der Waals surface area contributed by atoms with Crippen LogP contribution in [0.2, 0.25) is 0 Å². The largest absolute Gasteiger partial charge is 0.466 e. The second kappa shape index (κ2) is 6.88. The Labute approximate surface area is 123 Å². The van der Waals surface area contributed by atoms with Crippen molar-refractivity contribution in [1.29, 1.82) is 0 Å². The average molecular weight is 299 g/mol. The van der Waals surface area contributed by atoms with Crippen LogP contribution in [0.3, 0.4) is 0 Å². The number of carbonyl (C=O) groups is 1. The lowest BCUT2D eigenvalue weighted by Crippen LogP contribution is -2.39. The number of esters is 1. The zero-order valence-electron chi connectivity index (χ0n) is 12.2. The van der Waals surface area contributed by atoms with Gasteiger partial charge in [-0.1, -0.05) is 6.92 Å². The van der Waals surface area contributed by atoms with Gasteiger partial charge in [0, 0.05) is 12.6 Å². The molecule has 2 rings (SSSR count). The Morgan fingerprint density at radius 2 is 2.30 bits per heavy atom. The lowest BCUT2D eigenvalue weighted by Gasteiger charge is -2.35. The number of carbonyl (C=O) groups excluding carboxylic acids is 1. The molecule has 0 bridgehead atoms. The third kappa shape index (κ3) is 3.20. The van der Waals surface area contributed by atoms with Gasteiger partial charge in [0.15, 0.2) is 6.10 Å². The van der Waals surface area contributed by atoms with Crippen molar-refractivity contribution in [3.8, 4) is 5.88 Å². The maximum atomic E-state index is 11.4. The molecule has 2 atom stereocenters. The number of nitrogens with zero attached hydrogens (tertiary/aromatic N) is 3. The molecule has 0 spiro atoms. The van der Waals surface area contributed by atoms with Crippen molar-refractivity contribution in [3.63, 3.8) is 0 Å². The van der Waals surface area contributed by atoms with E-state index in [1.54, 1.807) is 6.92 Å². The van der Waals surface area contributed by atoms with Crippen molar-refractivity contribution in [3.05, 3.63) is 0 Å². The van der Waals surface area contributed by atoms with E-state index < -0.39 is 12.1 Å². The number of hydrogen-bond donors (Lipinski definition) is 0. The zero-order valence-corrected chi connectivity index (χ0v) is 13.0. The smallest absolute Gasteiger partial charge is 0.346 e. The third-order valence-corrected chi connectivity index (χ3v) is 4.14. The summed E-state index contributed by atoms with van der Waals surface area (Å²) in [6.07, 6.45) is 3.97. The summed E-state index contributed by atoms with van der Waals surface area (Å²) in [7, 11) is 1.35. The molecular weight excluding hydrogens is 278 g/mol. The molecule has 0 saturated carbocycles. The molecule has 0 radical (unpaired) electrons. The molecule has 1 aliphatic rings. The number of piperidine rings is 1. The lowest BCUT2D eigenvalue weighted by molar-refractivity contribution is -0.148. The number of methoxy groups -OCH3 is 1. The molecule has 1 aromatic heterocycles. The van der Waals surface area contributed by atoms with Crippen molar-refractivity contribution in [2.24, 2.45) is 0 Å². The second-order valence-electron chi connectivity index (χ2n) is 4.93. The van der Waals surface area contributed by atoms with Crippen LogP contribution in [0.5, 0.6) is 5.88 Å². The van der Waals surface area contributed by atoms with Crippen LogP contribution in [-0.2, 0) is 9.53 Å². The van der Waals surface area contributed by atoms with Gasteiger partial charge in [-0.05, 0) is 32.6 Å². The van der Waals surface area contributed by atoms with Crippen LogP contribution in [0.4, 0.5) is 5.82 Å². The predicted octanol–water partition coefficient (Wildman–Crippen LogP) is 2.25. The standard InChI is InChI=1S/C13H21N3O3S/c1-4-10-7-5-6-8-16(10)11-12(15-20-14-11)19-9(2)13(17)18-3/h9-10H,4-8H2,1-3H3. The minimum Gasteiger partial charge on any atom is -0.466 e. The van der Waals surface area contributed by atoms with Crippen molar-refractivity contribution in [1.82, 2.24) is 8.75 Å². The Morgan fingerprint density at radius 1 is 1.50 bits per heavy atom. The van der Waals surface area contributed by atoms with Gasteiger partial charge in [0.1, 0.15) is 0 Å². The average Bonchev–Trinajstić information content (AvgIpc) is 2.94. The van der Waals surface area contributed by atoms with Crippen molar-refractivity contribution >= 4 is 23.5 Å². The molecule has 2 heterocycles. The summed E-state index contributed by atoms with van der Waals surface area (Å²) in [6, 6.07) is 0.475. The highest BCUT2D eigenvalue weighted by Gasteiger charge is 2.28. The summed E-state index contributed by atoms with van der Waals surface area (Å²) in [5.74, 6) is 0.792. The van der Waals surface area contributed by atoms with Gasteiger partial charge in [0.05, 0.1) is 18.8 Å². The van der Waals surface area contributed by atoms with Gasteiger partial charge >= 0.3 is 5.97 Å². The summed E-state index contributed by atoms with van der Waals surface area (Å²) in [5.41, 5.74) is 0. The summed E-state index contributed by atoms with van der Waals surface area (Å²) >= 11 is 1.11. The molecular formula is C13H21N3O3S. The normalized spacial score (nSPS) is 20.6. The molecule has 0 amide bonds. The van der Waals surface area contributed by atoms with E-state index in [-0.39, 0.29) is 0 Å². The first-order valence-electron chi connectivity index (χ1n) is 7.01. The SMILES string of the molecule is CCC1CCCCN1c1nsnc1OC(C)C(=O)OC. The monoisotopic (exact) mass is 299 g/mol. The van der Waals surface area contributed by atoms with Gasteiger partial charge in [-0.15, -0.1) is 4.37 Å². The molecule has 0 aliphatic carbocycles. The molecule has 0 N–H and O–H groups in total. The molecule has 1 saturated heterocycles. The fourth-order valence-electron chi connectivity index (χ4n) is 2.51. The molecule has 0 aromatic carbocycles. The fourth-order valence-corrected chi connectivity index (χ4v) is 3.01. The number of rotatable bonds is 5. The molecule has 112 valence electrons. The van der Waals surface area contributed by atoms with Crippen LogP contribution in [-0.4, -0.2) is 40.5 Å². The first-order chi connectivity index (χ1) is 9.67. The zero-order chi connectivity index (χ0) is 14.5. The molecule has 7 heteroatoms. The maximum Gasteiger partial charge on any atom is 0.346 e. The van der Waals surface area contributed by atoms with E-state index in [1.165, 1.54) is 20.0 Å². The maximum absolute atomic E-state index is 11.4. The van der Waals surface area contributed by atoms with Crippen LogP contribution >= 0.6 is 11.7 Å². The Bertz CT molecular complexity index is 452. The van der Waals surface area contributed by atoms with E-state index in [0.29, 0.717) is 11.9 Å². The first kappa shape index (κ1) is 15.0. The van der Waals surface area contributed by atoms with E-state index in [9.17, 15) is 4.79 Å². The van der Waals surface area contributed by atoms with Gasteiger partial charge in [0.25, 0.3) is 5.88 Å². The summed E-state index contributed by atoms with van der Waals surface area (Å²) in [5, 5.41) is 0. The Hall–Kier alpha value is -1.37. The highest BCUT2D eigenvalue weighted by Crippen LogP contribution is 2.32. The second-order valence-corrected chi connectivity index (χ2v) is 5.46. The molecule has 2 unspecified atom stereocenters.